The van der Waals surface area contributed by atoms with Crippen molar-refractivity contribution in [3.63, 3.8) is 0 Å². The Morgan fingerprint density at radius 2 is 0.619 bits per heavy atom. The Morgan fingerprint density at radius 3 is 1.19 bits per heavy atom. The van der Waals surface area contributed by atoms with Crippen molar-refractivity contribution in [3.8, 4) is 22.3 Å². The van der Waals surface area contributed by atoms with Crippen LogP contribution in [0.2, 0.25) is 0 Å². The molecule has 0 spiro atoms. The normalized spacial score (nSPS) is 11.8. The maximum absolute atomic E-state index is 2.42. The molecule has 0 saturated heterocycles. The van der Waals surface area contributed by atoms with Gasteiger partial charge >= 0.3 is 0 Å². The van der Waals surface area contributed by atoms with Gasteiger partial charge in [-0.3, -0.25) is 0 Å². The molecule has 0 unspecified atom stereocenters. The predicted molar refractivity (Wildman–Crippen MR) is 182 cm³/mol. The van der Waals surface area contributed by atoms with Crippen LogP contribution in [0.1, 0.15) is 0 Å². The average Bonchev–Trinajstić information content (AvgIpc) is 3.08. The van der Waals surface area contributed by atoms with Gasteiger partial charge in [0.2, 0.25) is 0 Å². The molecule has 0 bridgehead atoms. The summed E-state index contributed by atoms with van der Waals surface area (Å²) in [6.45, 7) is 0. The van der Waals surface area contributed by atoms with Crippen LogP contribution in [0.3, 0.4) is 0 Å². The molecule has 42 heavy (non-hydrogen) atoms. The molecule has 0 amide bonds. The van der Waals surface area contributed by atoms with Gasteiger partial charge in [-0.2, -0.15) is 0 Å². The molecule has 9 aromatic rings. The summed E-state index contributed by atoms with van der Waals surface area (Å²) in [5.74, 6) is 0. The second kappa shape index (κ2) is 9.03. The Morgan fingerprint density at radius 1 is 0.214 bits per heavy atom. The number of benzene rings is 9. The van der Waals surface area contributed by atoms with Gasteiger partial charge in [0.25, 0.3) is 0 Å². The van der Waals surface area contributed by atoms with E-state index in [1.54, 1.807) is 0 Å². The zero-order chi connectivity index (χ0) is 27.6. The summed E-state index contributed by atoms with van der Waals surface area (Å²) in [4.78, 5) is 0. The summed E-state index contributed by atoms with van der Waals surface area (Å²) >= 11 is 0. The van der Waals surface area contributed by atoms with Crippen LogP contribution in [0.5, 0.6) is 0 Å². The topological polar surface area (TPSA) is 0 Å². The molecule has 0 heteroatoms. The van der Waals surface area contributed by atoms with E-state index in [0.29, 0.717) is 0 Å². The second-order valence-corrected chi connectivity index (χ2v) is 11.3. The summed E-state index contributed by atoms with van der Waals surface area (Å²) in [5.41, 5.74) is 4.98. The van der Waals surface area contributed by atoms with Crippen LogP contribution in [-0.4, -0.2) is 0 Å². The van der Waals surface area contributed by atoms with Crippen molar-refractivity contribution >= 4 is 64.6 Å². The highest BCUT2D eigenvalue weighted by molar-refractivity contribution is 6.29. The van der Waals surface area contributed by atoms with Crippen LogP contribution in [-0.2, 0) is 0 Å². The molecular formula is C42H26. The SMILES string of the molecule is c1ccc(-c2cc(-c3ccc4c5ccccc5c5ccccc5c4c3)cc3c4ccccc4c4ccccc4c23)cc1. The van der Waals surface area contributed by atoms with Gasteiger partial charge in [-0.1, -0.05) is 140 Å². The first-order valence-corrected chi connectivity index (χ1v) is 14.6. The monoisotopic (exact) mass is 530 g/mol. The fourth-order valence-corrected chi connectivity index (χ4v) is 7.13. The van der Waals surface area contributed by atoms with Gasteiger partial charge in [0.1, 0.15) is 0 Å². The summed E-state index contributed by atoms with van der Waals surface area (Å²) in [6, 6.07) is 58.1. The van der Waals surface area contributed by atoms with E-state index in [9.17, 15) is 0 Å². The number of fused-ring (bicyclic) bond motifs is 12. The minimum absolute atomic E-state index is 1.24. The van der Waals surface area contributed by atoms with E-state index in [2.05, 4.69) is 158 Å². The van der Waals surface area contributed by atoms with Crippen LogP contribution in [0.15, 0.2) is 158 Å². The number of hydrogen-bond donors (Lipinski definition) is 0. The molecule has 9 rings (SSSR count). The Bertz CT molecular complexity index is 2470. The minimum Gasteiger partial charge on any atom is -0.0622 e. The summed E-state index contributed by atoms with van der Waals surface area (Å²) < 4.78 is 0. The number of rotatable bonds is 2. The Labute approximate surface area is 244 Å². The smallest absolute Gasteiger partial charge is 0.00199 e. The molecule has 0 N–H and O–H groups in total. The molecule has 9 aromatic carbocycles. The molecule has 0 fully saturated rings. The van der Waals surface area contributed by atoms with Crippen LogP contribution < -0.4 is 0 Å². The van der Waals surface area contributed by atoms with Crippen molar-refractivity contribution in [3.05, 3.63) is 158 Å². The van der Waals surface area contributed by atoms with Gasteiger partial charge in [0, 0.05) is 0 Å². The van der Waals surface area contributed by atoms with E-state index in [1.807, 2.05) is 0 Å². The summed E-state index contributed by atoms with van der Waals surface area (Å²) in [5, 5.41) is 15.6. The maximum Gasteiger partial charge on any atom is -0.00199 e. The van der Waals surface area contributed by atoms with Crippen molar-refractivity contribution in [1.29, 1.82) is 0 Å². The third kappa shape index (κ3) is 3.36. The molecule has 0 radical (unpaired) electrons. The fourth-order valence-electron chi connectivity index (χ4n) is 7.13. The zero-order valence-electron chi connectivity index (χ0n) is 23.0. The van der Waals surface area contributed by atoms with Gasteiger partial charge < -0.3 is 0 Å². The van der Waals surface area contributed by atoms with Gasteiger partial charge in [-0.15, -0.1) is 0 Å². The van der Waals surface area contributed by atoms with E-state index in [4.69, 9.17) is 0 Å². The van der Waals surface area contributed by atoms with Gasteiger partial charge in [0.15, 0.2) is 0 Å². The van der Waals surface area contributed by atoms with Crippen LogP contribution >= 0.6 is 0 Å². The van der Waals surface area contributed by atoms with Gasteiger partial charge in [-0.25, -0.2) is 0 Å². The van der Waals surface area contributed by atoms with Gasteiger partial charge in [0.05, 0.1) is 0 Å². The first kappa shape index (κ1) is 23.3. The Balaban J connectivity index is 1.43. The van der Waals surface area contributed by atoms with E-state index in [1.165, 1.54) is 86.9 Å². The highest BCUT2D eigenvalue weighted by Crippen LogP contribution is 2.44. The van der Waals surface area contributed by atoms with Crippen molar-refractivity contribution in [2.24, 2.45) is 0 Å². The van der Waals surface area contributed by atoms with E-state index in [0.717, 1.165) is 0 Å². The van der Waals surface area contributed by atoms with Crippen molar-refractivity contribution in [2.75, 3.05) is 0 Å². The molecule has 0 heterocycles. The maximum atomic E-state index is 2.42. The van der Waals surface area contributed by atoms with Crippen LogP contribution in [0.25, 0.3) is 86.9 Å². The van der Waals surface area contributed by atoms with Crippen molar-refractivity contribution in [1.82, 2.24) is 0 Å². The molecular weight excluding hydrogens is 504 g/mol. The first-order valence-electron chi connectivity index (χ1n) is 14.6. The van der Waals surface area contributed by atoms with Crippen molar-refractivity contribution < 1.29 is 0 Å². The highest BCUT2D eigenvalue weighted by atomic mass is 14.2. The second-order valence-electron chi connectivity index (χ2n) is 11.3. The third-order valence-corrected chi connectivity index (χ3v) is 9.00. The van der Waals surface area contributed by atoms with E-state index < -0.39 is 0 Å². The largest absolute Gasteiger partial charge is 0.0622 e. The Hall–Kier alpha value is -5.46. The lowest BCUT2D eigenvalue weighted by Gasteiger charge is -2.17. The molecule has 0 aliphatic rings. The van der Waals surface area contributed by atoms with Crippen LogP contribution in [0.4, 0.5) is 0 Å². The van der Waals surface area contributed by atoms with E-state index >= 15 is 0 Å². The average molecular weight is 531 g/mol. The molecule has 0 nitrogen and oxygen atoms in total. The quantitative estimate of drug-likeness (QED) is 0.195. The molecule has 0 aliphatic carbocycles. The fraction of sp³-hybridized carbons (Fsp3) is 0. The molecule has 0 saturated carbocycles. The number of hydrogen-bond acceptors (Lipinski definition) is 0. The molecule has 0 aromatic heterocycles. The van der Waals surface area contributed by atoms with Crippen molar-refractivity contribution in [2.45, 2.75) is 0 Å². The van der Waals surface area contributed by atoms with Crippen LogP contribution in [0, 0.1) is 0 Å². The molecule has 0 aliphatic heterocycles. The lowest BCUT2D eigenvalue weighted by molar-refractivity contribution is 1.64. The predicted octanol–water partition coefficient (Wildman–Crippen LogP) is 11.9. The first-order chi connectivity index (χ1) is 20.8. The third-order valence-electron chi connectivity index (χ3n) is 9.00. The lowest BCUT2D eigenvalue weighted by atomic mass is 9.86. The Kier molecular flexibility index (Phi) is 5.00. The lowest BCUT2D eigenvalue weighted by Crippen LogP contribution is -1.90. The summed E-state index contributed by atoms with van der Waals surface area (Å²) in [7, 11) is 0. The summed E-state index contributed by atoms with van der Waals surface area (Å²) in [6.07, 6.45) is 0. The highest BCUT2D eigenvalue weighted by Gasteiger charge is 2.16. The molecule has 194 valence electrons. The zero-order valence-corrected chi connectivity index (χ0v) is 23.0. The van der Waals surface area contributed by atoms with E-state index in [-0.39, 0.29) is 0 Å². The standard InChI is InChI=1S/C42H26/c1-2-12-27(13-3-1)39-25-29(26-41-36-20-9-7-17-33(36)34-18-10-11-21-38(34)42(39)41)28-22-23-37-32-16-5-4-14-30(32)31-15-6-8-19-35(31)40(37)24-28/h1-26H. The molecule has 0 atom stereocenters. The minimum atomic E-state index is 1.24. The van der Waals surface area contributed by atoms with Gasteiger partial charge in [-0.05, 0) is 105 Å².